The predicted octanol–water partition coefficient (Wildman–Crippen LogP) is 3.90. The first kappa shape index (κ1) is 21.4. The van der Waals surface area contributed by atoms with Gasteiger partial charge in [0.15, 0.2) is 11.6 Å². The Hall–Kier alpha value is -4.30. The summed E-state index contributed by atoms with van der Waals surface area (Å²) in [6.07, 6.45) is 4.01. The minimum Gasteiger partial charge on any atom is -0.454 e. The van der Waals surface area contributed by atoms with Crippen LogP contribution in [0.2, 0.25) is 0 Å². The first-order valence-corrected chi connectivity index (χ1v) is 9.13. The Morgan fingerprint density at radius 1 is 0.968 bits per heavy atom. The average molecular weight is 419 g/mol. The lowest BCUT2D eigenvalue weighted by Crippen LogP contribution is -2.17. The summed E-state index contributed by atoms with van der Waals surface area (Å²) >= 11 is 0. The van der Waals surface area contributed by atoms with Crippen molar-refractivity contribution in [2.45, 2.75) is 0 Å². The highest BCUT2D eigenvalue weighted by atomic mass is 19.1. The van der Waals surface area contributed by atoms with Crippen LogP contribution < -0.4 is 15.6 Å². The number of amides is 2. The van der Waals surface area contributed by atoms with Crippen LogP contribution in [0.15, 0.2) is 84.0 Å². The monoisotopic (exact) mass is 419 g/mol. The van der Waals surface area contributed by atoms with Gasteiger partial charge in [-0.25, -0.2) is 15.3 Å². The van der Waals surface area contributed by atoms with Gasteiger partial charge in [0.05, 0.1) is 6.21 Å². The quantitative estimate of drug-likeness (QED) is 0.234. The third-order valence-corrected chi connectivity index (χ3v) is 4.02. The molecule has 0 atom stereocenters. The van der Waals surface area contributed by atoms with Crippen molar-refractivity contribution in [1.82, 2.24) is 10.9 Å². The second kappa shape index (κ2) is 10.5. The topological polar surface area (TPSA) is 100 Å². The van der Waals surface area contributed by atoms with E-state index in [0.29, 0.717) is 22.4 Å². The number of ether oxygens (including phenoxy) is 1. The zero-order chi connectivity index (χ0) is 22.1. The molecule has 0 heterocycles. The molecule has 31 heavy (non-hydrogen) atoms. The van der Waals surface area contributed by atoms with E-state index in [1.807, 2.05) is 6.07 Å². The third kappa shape index (κ3) is 6.34. The number of nitrogens with zero attached hydrogens (tertiary/aromatic N) is 1. The fourth-order valence-corrected chi connectivity index (χ4v) is 2.48. The summed E-state index contributed by atoms with van der Waals surface area (Å²) < 4.78 is 19.5. The van der Waals surface area contributed by atoms with E-state index in [2.05, 4.69) is 10.5 Å². The molecule has 7 nitrogen and oxygen atoms in total. The van der Waals surface area contributed by atoms with Crippen LogP contribution in [0.5, 0.6) is 11.5 Å². The molecule has 0 aliphatic rings. The number of rotatable bonds is 7. The molecule has 0 unspecified atom stereocenters. The van der Waals surface area contributed by atoms with E-state index >= 15 is 0 Å². The lowest BCUT2D eigenvalue weighted by Gasteiger charge is -2.07. The van der Waals surface area contributed by atoms with E-state index in [0.717, 1.165) is 6.08 Å². The molecule has 0 aliphatic carbocycles. The second-order valence-electron chi connectivity index (χ2n) is 6.24. The Balaban J connectivity index is 1.61. The molecular weight excluding hydrogens is 401 g/mol. The zero-order valence-corrected chi connectivity index (χ0v) is 16.2. The lowest BCUT2D eigenvalue weighted by molar-refractivity contribution is -0.124. The van der Waals surface area contributed by atoms with Gasteiger partial charge in [-0.3, -0.25) is 14.8 Å². The summed E-state index contributed by atoms with van der Waals surface area (Å²) in [4.78, 5) is 23.2. The van der Waals surface area contributed by atoms with Gasteiger partial charge in [0.25, 0.3) is 11.8 Å². The molecule has 2 amide bonds. The van der Waals surface area contributed by atoms with Crippen LogP contribution in [0, 0.1) is 5.82 Å². The number of hydrogen-bond donors (Lipinski definition) is 3. The van der Waals surface area contributed by atoms with Gasteiger partial charge >= 0.3 is 0 Å². The van der Waals surface area contributed by atoms with Gasteiger partial charge in [0.2, 0.25) is 0 Å². The summed E-state index contributed by atoms with van der Waals surface area (Å²) in [5.74, 6) is -1.08. The molecule has 0 fully saturated rings. The number of carbonyl (C=O) groups is 2. The SMILES string of the molecule is O=C(/C=C/c1ccc(C(=O)N/N=C/c2ccc(F)c(Oc3ccccc3)c2)cc1)NO. The molecule has 3 rings (SSSR count). The van der Waals surface area contributed by atoms with Crippen molar-refractivity contribution in [2.24, 2.45) is 5.10 Å². The van der Waals surface area contributed by atoms with Crippen molar-refractivity contribution in [3.8, 4) is 11.5 Å². The Labute approximate surface area is 177 Å². The maximum atomic E-state index is 14.0. The number of hydrazone groups is 1. The van der Waals surface area contributed by atoms with Crippen molar-refractivity contribution in [3.05, 3.63) is 101 Å². The van der Waals surface area contributed by atoms with Crippen LogP contribution in [0.4, 0.5) is 4.39 Å². The summed E-state index contributed by atoms with van der Waals surface area (Å²) in [7, 11) is 0. The molecule has 0 aromatic heterocycles. The largest absolute Gasteiger partial charge is 0.454 e. The van der Waals surface area contributed by atoms with Crippen LogP contribution in [0.3, 0.4) is 0 Å². The van der Waals surface area contributed by atoms with Crippen LogP contribution in [-0.4, -0.2) is 23.2 Å². The first-order chi connectivity index (χ1) is 15.0. The van der Waals surface area contributed by atoms with Crippen LogP contribution in [0.25, 0.3) is 6.08 Å². The molecule has 0 aliphatic heterocycles. The number of hydrogen-bond acceptors (Lipinski definition) is 5. The molecule has 0 saturated heterocycles. The lowest BCUT2D eigenvalue weighted by atomic mass is 10.1. The fraction of sp³-hybridized carbons (Fsp3) is 0. The van der Waals surface area contributed by atoms with Crippen LogP contribution >= 0.6 is 0 Å². The molecule has 3 aromatic rings. The summed E-state index contributed by atoms with van der Waals surface area (Å²) in [6, 6.07) is 19.4. The average Bonchev–Trinajstić information content (AvgIpc) is 2.80. The molecule has 0 radical (unpaired) electrons. The van der Waals surface area contributed by atoms with Crippen molar-refractivity contribution in [1.29, 1.82) is 0 Å². The van der Waals surface area contributed by atoms with Crippen LogP contribution in [-0.2, 0) is 4.79 Å². The normalized spacial score (nSPS) is 10.9. The number of carbonyl (C=O) groups excluding carboxylic acids is 2. The van der Waals surface area contributed by atoms with E-state index < -0.39 is 17.6 Å². The van der Waals surface area contributed by atoms with Crippen molar-refractivity contribution in [3.63, 3.8) is 0 Å². The minimum atomic E-state index is -0.658. The number of nitrogens with one attached hydrogen (secondary N) is 2. The molecule has 0 bridgehead atoms. The van der Waals surface area contributed by atoms with E-state index in [4.69, 9.17) is 9.94 Å². The maximum absolute atomic E-state index is 14.0. The summed E-state index contributed by atoms with van der Waals surface area (Å²) in [5.41, 5.74) is 5.44. The van der Waals surface area contributed by atoms with E-state index in [9.17, 15) is 14.0 Å². The molecule has 0 spiro atoms. The van der Waals surface area contributed by atoms with Crippen molar-refractivity contribution in [2.75, 3.05) is 0 Å². The van der Waals surface area contributed by atoms with Gasteiger partial charge in [-0.2, -0.15) is 5.10 Å². The Bertz CT molecular complexity index is 1110. The number of para-hydroxylation sites is 1. The molecule has 0 saturated carbocycles. The first-order valence-electron chi connectivity index (χ1n) is 9.13. The third-order valence-electron chi connectivity index (χ3n) is 4.02. The molecular formula is C23H18FN3O4. The Kier molecular flexibility index (Phi) is 7.23. The van der Waals surface area contributed by atoms with E-state index in [1.54, 1.807) is 48.5 Å². The summed E-state index contributed by atoms with van der Waals surface area (Å²) in [5, 5.41) is 12.3. The van der Waals surface area contributed by atoms with Gasteiger partial charge in [0, 0.05) is 11.6 Å². The molecule has 156 valence electrons. The molecule has 8 heteroatoms. The van der Waals surface area contributed by atoms with Gasteiger partial charge in [-0.15, -0.1) is 0 Å². The highest BCUT2D eigenvalue weighted by Gasteiger charge is 2.06. The predicted molar refractivity (Wildman–Crippen MR) is 113 cm³/mol. The van der Waals surface area contributed by atoms with Gasteiger partial charge < -0.3 is 4.74 Å². The van der Waals surface area contributed by atoms with Gasteiger partial charge in [-0.1, -0.05) is 36.4 Å². The number of hydroxylamine groups is 1. The van der Waals surface area contributed by atoms with Crippen LogP contribution in [0.1, 0.15) is 21.5 Å². The van der Waals surface area contributed by atoms with E-state index in [1.165, 1.54) is 36.0 Å². The maximum Gasteiger partial charge on any atom is 0.271 e. The fourth-order valence-electron chi connectivity index (χ4n) is 2.48. The molecule has 3 N–H and O–H groups in total. The summed E-state index contributed by atoms with van der Waals surface area (Å²) in [6.45, 7) is 0. The van der Waals surface area contributed by atoms with E-state index in [-0.39, 0.29) is 5.75 Å². The standard InChI is InChI=1S/C23H18FN3O4/c24-20-12-8-17(14-21(20)31-19-4-2-1-3-5-19)15-25-26-23(29)18-10-6-16(7-11-18)9-13-22(28)27-30/h1-15,30H,(H,26,29)(H,27,28)/b13-9+,25-15+. The smallest absolute Gasteiger partial charge is 0.271 e. The Morgan fingerprint density at radius 3 is 2.39 bits per heavy atom. The Morgan fingerprint density at radius 2 is 1.68 bits per heavy atom. The van der Waals surface area contributed by atoms with Gasteiger partial charge in [0.1, 0.15) is 5.75 Å². The number of halogens is 1. The highest BCUT2D eigenvalue weighted by molar-refractivity contribution is 5.95. The van der Waals surface area contributed by atoms with Crippen molar-refractivity contribution >= 4 is 24.1 Å². The second-order valence-corrected chi connectivity index (χ2v) is 6.24. The minimum absolute atomic E-state index is 0.0417. The zero-order valence-electron chi connectivity index (χ0n) is 16.2. The van der Waals surface area contributed by atoms with Gasteiger partial charge in [-0.05, 0) is 53.6 Å². The highest BCUT2D eigenvalue weighted by Crippen LogP contribution is 2.24. The number of benzene rings is 3. The molecule has 3 aromatic carbocycles. The van der Waals surface area contributed by atoms with Crippen molar-refractivity contribution < 1.29 is 23.9 Å².